The van der Waals surface area contributed by atoms with Crippen molar-refractivity contribution in [1.82, 2.24) is 4.57 Å². The van der Waals surface area contributed by atoms with Gasteiger partial charge in [0.05, 0.1) is 12.0 Å². The van der Waals surface area contributed by atoms with Gasteiger partial charge >= 0.3 is 0 Å². The molecule has 1 heterocycles. The number of nitrogens with zero attached hydrogens (tertiary/aromatic N) is 1. The molecule has 1 aromatic heterocycles. The van der Waals surface area contributed by atoms with Gasteiger partial charge in [0.2, 0.25) is 0 Å². The van der Waals surface area contributed by atoms with E-state index in [0.29, 0.717) is 23.6 Å². The van der Waals surface area contributed by atoms with Gasteiger partial charge in [-0.25, -0.2) is 0 Å². The van der Waals surface area contributed by atoms with E-state index in [4.69, 9.17) is 21.1 Å². The number of aromatic nitrogens is 1. The molecular formula is C28H24N4O2S. The molecule has 0 fully saturated rings. The van der Waals surface area contributed by atoms with Gasteiger partial charge in [-0.1, -0.05) is 54.1 Å². The zero-order valence-corrected chi connectivity index (χ0v) is 19.9. The monoisotopic (exact) mass is 480 g/mol. The Morgan fingerprint density at radius 1 is 0.943 bits per heavy atom. The summed E-state index contributed by atoms with van der Waals surface area (Å²) >= 11 is 1.30. The third kappa shape index (κ3) is 4.58. The molecule has 7 heteroatoms. The molecule has 0 atom stereocenters. The highest BCUT2D eigenvalue weighted by molar-refractivity contribution is 7.95. The predicted molar refractivity (Wildman–Crippen MR) is 142 cm³/mol. The number of carbonyl (C=O) groups is 1. The van der Waals surface area contributed by atoms with Crippen LogP contribution in [-0.2, 0) is 6.54 Å². The summed E-state index contributed by atoms with van der Waals surface area (Å²) in [6, 6.07) is 27.5. The Morgan fingerprint density at radius 3 is 2.46 bits per heavy atom. The van der Waals surface area contributed by atoms with E-state index in [-0.39, 0.29) is 5.84 Å². The lowest BCUT2D eigenvalue weighted by molar-refractivity contribution is 0.0992. The maximum atomic E-state index is 12.3. The Morgan fingerprint density at radius 2 is 1.71 bits per heavy atom. The Hall–Kier alpha value is -4.23. The minimum atomic E-state index is -0.516. The molecule has 0 unspecified atom stereocenters. The van der Waals surface area contributed by atoms with E-state index in [9.17, 15) is 4.79 Å². The van der Waals surface area contributed by atoms with Crippen molar-refractivity contribution in [3.63, 3.8) is 0 Å². The molecule has 35 heavy (non-hydrogen) atoms. The van der Waals surface area contributed by atoms with E-state index in [1.807, 2.05) is 59.2 Å². The fourth-order valence-electron chi connectivity index (χ4n) is 4.20. The Balaban J connectivity index is 1.58. The second-order valence-corrected chi connectivity index (χ2v) is 9.26. The van der Waals surface area contributed by atoms with Crippen molar-refractivity contribution in [3.8, 4) is 5.75 Å². The van der Waals surface area contributed by atoms with Crippen molar-refractivity contribution in [3.05, 3.63) is 107 Å². The second-order valence-electron chi connectivity index (χ2n) is 8.45. The van der Waals surface area contributed by atoms with E-state index in [0.717, 1.165) is 32.1 Å². The fraction of sp³-hybridized carbons (Fsp3) is 0.0714. The zero-order chi connectivity index (χ0) is 24.5. The summed E-state index contributed by atoms with van der Waals surface area (Å²) in [5.74, 6) is 0.164. The number of amidine groups is 1. The van der Waals surface area contributed by atoms with Crippen LogP contribution in [0.15, 0.2) is 89.8 Å². The molecule has 4 aromatic carbocycles. The maximum Gasteiger partial charge on any atom is 0.265 e. The lowest BCUT2D eigenvalue weighted by Gasteiger charge is -2.14. The molecule has 5 rings (SSSR count). The van der Waals surface area contributed by atoms with Crippen molar-refractivity contribution >= 4 is 45.5 Å². The van der Waals surface area contributed by atoms with Crippen LogP contribution in [0.5, 0.6) is 5.75 Å². The SMILES string of the molecule is Cc1ccc(SOc2cc(Cn3c(C(N)=O)cc4ccc(C(=N)N)cc43)c3ccccc3c2)cc1. The van der Waals surface area contributed by atoms with Crippen LogP contribution in [0.1, 0.15) is 27.2 Å². The number of hydrogen-bond acceptors (Lipinski definition) is 4. The van der Waals surface area contributed by atoms with Crippen LogP contribution < -0.4 is 15.7 Å². The first-order valence-corrected chi connectivity index (χ1v) is 11.8. The topological polar surface area (TPSA) is 107 Å². The Kier molecular flexibility index (Phi) is 5.93. The molecular weight excluding hydrogens is 456 g/mol. The van der Waals surface area contributed by atoms with Gasteiger partial charge in [-0.3, -0.25) is 10.2 Å². The number of benzene rings is 4. The van der Waals surface area contributed by atoms with Crippen LogP contribution >= 0.6 is 12.0 Å². The molecule has 0 spiro atoms. The number of aryl methyl sites for hydroxylation is 1. The molecule has 0 saturated carbocycles. The minimum absolute atomic E-state index is 0.0331. The van der Waals surface area contributed by atoms with Gasteiger partial charge in [0.1, 0.15) is 17.3 Å². The van der Waals surface area contributed by atoms with Crippen LogP contribution in [-0.4, -0.2) is 16.3 Å². The smallest absolute Gasteiger partial charge is 0.265 e. The summed E-state index contributed by atoms with van der Waals surface area (Å²) in [4.78, 5) is 13.3. The van der Waals surface area contributed by atoms with Crippen molar-refractivity contribution in [2.75, 3.05) is 0 Å². The minimum Gasteiger partial charge on any atom is -0.421 e. The summed E-state index contributed by atoms with van der Waals surface area (Å²) < 4.78 is 7.96. The lowest BCUT2D eigenvalue weighted by atomic mass is 10.0. The number of carbonyl (C=O) groups excluding carboxylic acids is 1. The number of nitrogens with two attached hydrogens (primary N) is 2. The molecule has 0 radical (unpaired) electrons. The van der Waals surface area contributed by atoms with Crippen molar-refractivity contribution in [2.45, 2.75) is 18.4 Å². The quantitative estimate of drug-likeness (QED) is 0.160. The predicted octanol–water partition coefficient (Wildman–Crippen LogP) is 5.62. The number of amides is 1. The van der Waals surface area contributed by atoms with E-state index < -0.39 is 5.91 Å². The van der Waals surface area contributed by atoms with Crippen LogP contribution in [0, 0.1) is 12.3 Å². The van der Waals surface area contributed by atoms with Gasteiger partial charge in [0, 0.05) is 27.9 Å². The highest BCUT2D eigenvalue weighted by Gasteiger charge is 2.16. The van der Waals surface area contributed by atoms with Gasteiger partial charge in [-0.05, 0) is 59.7 Å². The van der Waals surface area contributed by atoms with Gasteiger partial charge in [0.15, 0.2) is 0 Å². The molecule has 0 bridgehead atoms. The van der Waals surface area contributed by atoms with Crippen molar-refractivity contribution < 1.29 is 8.98 Å². The number of rotatable bonds is 7. The highest BCUT2D eigenvalue weighted by atomic mass is 32.2. The number of fused-ring (bicyclic) bond motifs is 2. The van der Waals surface area contributed by atoms with E-state index in [1.165, 1.54) is 17.6 Å². The van der Waals surface area contributed by atoms with E-state index >= 15 is 0 Å². The van der Waals surface area contributed by atoms with Gasteiger partial charge < -0.3 is 20.2 Å². The van der Waals surface area contributed by atoms with Crippen LogP contribution in [0.2, 0.25) is 0 Å². The zero-order valence-electron chi connectivity index (χ0n) is 19.1. The number of nitrogen functional groups attached to an aromatic ring is 1. The standard InChI is InChI=1S/C28H24N4O2S/c1-17-6-10-23(11-7-17)35-34-22-12-18-4-2-3-5-24(18)21(13-22)16-32-25-15-20(27(29)30)9-8-19(25)14-26(32)28(31)33/h2-15H,16H2,1H3,(H3,29,30)(H2,31,33). The molecule has 1 amide bonds. The molecule has 5 aromatic rings. The van der Waals surface area contributed by atoms with Gasteiger partial charge in [-0.15, -0.1) is 0 Å². The molecule has 0 aliphatic heterocycles. The van der Waals surface area contributed by atoms with Crippen LogP contribution in [0.4, 0.5) is 0 Å². The molecule has 174 valence electrons. The highest BCUT2D eigenvalue weighted by Crippen LogP contribution is 2.32. The van der Waals surface area contributed by atoms with E-state index in [1.54, 1.807) is 12.1 Å². The van der Waals surface area contributed by atoms with E-state index in [2.05, 4.69) is 25.1 Å². The van der Waals surface area contributed by atoms with Gasteiger partial charge in [-0.2, -0.15) is 0 Å². The third-order valence-corrected chi connectivity index (χ3v) is 6.71. The van der Waals surface area contributed by atoms with Crippen LogP contribution in [0.3, 0.4) is 0 Å². The summed E-state index contributed by atoms with van der Waals surface area (Å²) in [5.41, 5.74) is 15.4. The number of primary amides is 1. The van der Waals surface area contributed by atoms with Gasteiger partial charge in [0.25, 0.3) is 5.91 Å². The molecule has 0 aliphatic rings. The number of nitrogens with one attached hydrogen (secondary N) is 1. The molecule has 5 N–H and O–H groups in total. The fourth-order valence-corrected chi connectivity index (χ4v) is 4.73. The lowest BCUT2D eigenvalue weighted by Crippen LogP contribution is -2.17. The summed E-state index contributed by atoms with van der Waals surface area (Å²) in [6.45, 7) is 2.45. The largest absolute Gasteiger partial charge is 0.421 e. The normalized spacial score (nSPS) is 11.1. The molecule has 6 nitrogen and oxygen atoms in total. The van der Waals surface area contributed by atoms with Crippen molar-refractivity contribution in [1.29, 1.82) is 5.41 Å². The molecule has 0 aliphatic carbocycles. The van der Waals surface area contributed by atoms with Crippen LogP contribution in [0.25, 0.3) is 21.7 Å². The Bertz CT molecular complexity index is 1590. The summed E-state index contributed by atoms with van der Waals surface area (Å²) in [6.07, 6.45) is 0. The summed E-state index contributed by atoms with van der Waals surface area (Å²) in [5, 5.41) is 10.8. The summed E-state index contributed by atoms with van der Waals surface area (Å²) in [7, 11) is 0. The first-order chi connectivity index (χ1) is 16.9. The molecule has 0 saturated heterocycles. The van der Waals surface area contributed by atoms with Crippen molar-refractivity contribution in [2.24, 2.45) is 11.5 Å². The second kappa shape index (κ2) is 9.19. The Labute approximate surface area is 207 Å². The average molecular weight is 481 g/mol. The first kappa shape index (κ1) is 22.6. The average Bonchev–Trinajstić information content (AvgIpc) is 3.21. The first-order valence-electron chi connectivity index (χ1n) is 11.1. The third-order valence-electron chi connectivity index (χ3n) is 5.97. The number of hydrogen-bond donors (Lipinski definition) is 3. The maximum absolute atomic E-state index is 12.3.